The van der Waals surface area contributed by atoms with Crippen molar-refractivity contribution in [3.05, 3.63) is 64.7 Å². The zero-order chi connectivity index (χ0) is 16.2. The van der Waals surface area contributed by atoms with E-state index in [9.17, 15) is 18.0 Å². The minimum absolute atomic E-state index is 0.0672. The normalized spacial score (nSPS) is 10.9. The Labute approximate surface area is 130 Å². The molecule has 114 valence electrons. The summed E-state index contributed by atoms with van der Waals surface area (Å²) in [6.45, 7) is 0. The summed E-state index contributed by atoms with van der Waals surface area (Å²) in [7, 11) is 0. The fraction of sp³-hybridized carbons (Fsp3) is 0.188. The van der Waals surface area contributed by atoms with Crippen molar-refractivity contribution >= 4 is 23.2 Å². The molecule has 0 aliphatic rings. The summed E-state index contributed by atoms with van der Waals surface area (Å²) in [6.07, 6.45) is -4.12. The molecule has 2 aromatic carbocycles. The molecule has 0 heterocycles. The van der Waals surface area contributed by atoms with E-state index in [1.54, 1.807) is 0 Å². The van der Waals surface area contributed by atoms with Crippen LogP contribution in [0.3, 0.4) is 0 Å². The molecule has 1 N–H and O–H groups in total. The molecule has 0 spiro atoms. The predicted octanol–water partition coefficient (Wildman–Crippen LogP) is 4.53. The first-order valence-electron chi connectivity index (χ1n) is 6.41. The fourth-order valence-corrected chi connectivity index (χ4v) is 2.01. The molecule has 0 atom stereocenters. The van der Waals surface area contributed by atoms with Gasteiger partial charge in [0.2, 0.25) is 5.91 Å². The molecule has 0 unspecified atom stereocenters. The maximum absolute atomic E-state index is 12.9. The highest BCUT2D eigenvalue weighted by atomic mass is 35.5. The highest BCUT2D eigenvalue weighted by Gasteiger charge is 2.34. The summed E-state index contributed by atoms with van der Waals surface area (Å²) in [5.41, 5.74) is -0.570. The molecule has 0 radical (unpaired) electrons. The fourth-order valence-electron chi connectivity index (χ4n) is 1.85. The highest BCUT2D eigenvalue weighted by Crippen LogP contribution is 2.35. The Balaban J connectivity index is 2.06. The second kappa shape index (κ2) is 6.71. The number of aryl methyl sites for hydroxylation is 1. The van der Waals surface area contributed by atoms with E-state index >= 15 is 0 Å². The number of hydrogen-bond acceptors (Lipinski definition) is 1. The summed E-state index contributed by atoms with van der Waals surface area (Å²) in [6, 6.07) is 14.5. The van der Waals surface area contributed by atoms with Gasteiger partial charge in [0.05, 0.1) is 10.6 Å². The lowest BCUT2D eigenvalue weighted by atomic mass is 10.1. The lowest BCUT2D eigenvalue weighted by molar-refractivity contribution is -0.137. The topological polar surface area (TPSA) is 29.1 Å². The van der Waals surface area contributed by atoms with E-state index in [1.807, 2.05) is 30.3 Å². The van der Waals surface area contributed by atoms with Crippen molar-refractivity contribution in [2.75, 3.05) is 5.32 Å². The molecule has 22 heavy (non-hydrogen) atoms. The number of carbonyl (C=O) groups is 1. The van der Waals surface area contributed by atoms with Gasteiger partial charge in [-0.25, -0.2) is 0 Å². The molecule has 2 rings (SSSR count). The van der Waals surface area contributed by atoms with Crippen molar-refractivity contribution in [3.63, 3.8) is 0 Å². The van der Waals surface area contributed by atoms with Gasteiger partial charge in [0, 0.05) is 6.42 Å². The van der Waals surface area contributed by atoms with Crippen LogP contribution >= 0.6 is 11.6 Å². The van der Waals surface area contributed by atoms with Gasteiger partial charge in [-0.15, -0.1) is 0 Å². The Hall–Kier alpha value is -2.19. The molecular formula is C16H11ClF3NO. The Morgan fingerprint density at radius 2 is 1.86 bits per heavy atom. The van der Waals surface area contributed by atoms with Crippen LogP contribution in [-0.4, -0.2) is 5.91 Å². The zero-order valence-corrected chi connectivity index (χ0v) is 12.1. The van der Waals surface area contributed by atoms with Crippen LogP contribution < -0.4 is 5.32 Å². The number of hydrogen-bond donors (Lipinski definition) is 1. The second-order valence-corrected chi connectivity index (χ2v) is 4.97. The van der Waals surface area contributed by atoms with Crippen LogP contribution in [0.2, 0.25) is 5.02 Å². The number of rotatable bonds is 4. The van der Waals surface area contributed by atoms with Crippen LogP contribution in [0.15, 0.2) is 36.4 Å². The molecule has 0 bridgehead atoms. The van der Waals surface area contributed by atoms with Crippen LogP contribution in [0.1, 0.15) is 17.5 Å². The van der Waals surface area contributed by atoms with E-state index in [-0.39, 0.29) is 11.4 Å². The van der Waals surface area contributed by atoms with Crippen LogP contribution in [-0.2, 0) is 17.4 Å². The smallest absolute Gasteiger partial charge is 0.319 e. The third-order valence-electron chi connectivity index (χ3n) is 2.90. The average molecular weight is 326 g/mol. The van der Waals surface area contributed by atoms with Crippen molar-refractivity contribution in [1.82, 2.24) is 0 Å². The minimum atomic E-state index is -4.63. The van der Waals surface area contributed by atoms with Gasteiger partial charge in [0.1, 0.15) is 5.69 Å². The van der Waals surface area contributed by atoms with E-state index in [2.05, 4.69) is 17.4 Å². The zero-order valence-electron chi connectivity index (χ0n) is 11.3. The van der Waals surface area contributed by atoms with Crippen LogP contribution in [0, 0.1) is 12.1 Å². The first-order chi connectivity index (χ1) is 10.4. The van der Waals surface area contributed by atoms with E-state index in [1.165, 1.54) is 0 Å². The van der Waals surface area contributed by atoms with Gasteiger partial charge >= 0.3 is 6.18 Å². The van der Waals surface area contributed by atoms with Crippen molar-refractivity contribution in [1.29, 1.82) is 0 Å². The molecular weight excluding hydrogens is 315 g/mol. The molecule has 0 aromatic heterocycles. The standard InChI is InChI=1S/C16H11ClF3NO/c17-12-7-8-14(13(10-12)16(18,19)20)21-15(22)9-6-11-4-2-1-3-5-11/h1-5,10H,6,9H2,(H,21,22). The van der Waals surface area contributed by atoms with Gasteiger partial charge in [-0.1, -0.05) is 41.9 Å². The Morgan fingerprint density at radius 1 is 1.18 bits per heavy atom. The van der Waals surface area contributed by atoms with Crippen molar-refractivity contribution in [2.24, 2.45) is 0 Å². The Bertz CT molecular complexity index is 656. The monoisotopic (exact) mass is 325 g/mol. The molecule has 0 saturated carbocycles. The predicted molar refractivity (Wildman–Crippen MR) is 77.5 cm³/mol. The van der Waals surface area contributed by atoms with E-state index in [0.29, 0.717) is 12.5 Å². The van der Waals surface area contributed by atoms with Crippen molar-refractivity contribution in [3.8, 4) is 0 Å². The maximum Gasteiger partial charge on any atom is 0.419 e. The van der Waals surface area contributed by atoms with Gasteiger partial charge < -0.3 is 5.32 Å². The summed E-state index contributed by atoms with van der Waals surface area (Å²) in [5.74, 6) is -0.527. The lowest BCUT2D eigenvalue weighted by Gasteiger charge is -2.11. The number of alkyl halides is 3. The first kappa shape index (κ1) is 16.2. The molecule has 0 aliphatic carbocycles. The minimum Gasteiger partial charge on any atom is -0.319 e. The quantitative estimate of drug-likeness (QED) is 0.879. The van der Waals surface area contributed by atoms with Gasteiger partial charge in [0.15, 0.2) is 0 Å². The lowest BCUT2D eigenvalue weighted by Crippen LogP contribution is -2.16. The number of anilines is 1. The highest BCUT2D eigenvalue weighted by molar-refractivity contribution is 6.30. The maximum atomic E-state index is 12.9. The number of benzene rings is 1. The Morgan fingerprint density at radius 3 is 2.50 bits per heavy atom. The summed E-state index contributed by atoms with van der Waals surface area (Å²) in [5, 5.41) is 2.00. The second-order valence-electron chi connectivity index (χ2n) is 4.56. The van der Waals surface area contributed by atoms with Crippen LogP contribution in [0.5, 0.6) is 0 Å². The summed E-state index contributed by atoms with van der Waals surface area (Å²) >= 11 is 5.50. The van der Waals surface area contributed by atoms with E-state index < -0.39 is 23.3 Å². The number of amides is 1. The van der Waals surface area contributed by atoms with Crippen molar-refractivity contribution < 1.29 is 18.0 Å². The molecule has 0 fully saturated rings. The first-order valence-corrected chi connectivity index (χ1v) is 6.78. The molecule has 2 nitrogen and oxygen atoms in total. The van der Waals surface area contributed by atoms with Crippen molar-refractivity contribution in [2.45, 2.75) is 19.0 Å². The SMILES string of the molecule is O=C(CCc1ccccc1)Nc1c#cc(Cl)cc1C(F)(F)F. The van der Waals surface area contributed by atoms with Gasteiger partial charge in [-0.2, -0.15) is 13.2 Å². The van der Waals surface area contributed by atoms with E-state index in [4.69, 9.17) is 11.6 Å². The van der Waals surface area contributed by atoms with Gasteiger partial charge in [0.25, 0.3) is 0 Å². The largest absolute Gasteiger partial charge is 0.419 e. The van der Waals surface area contributed by atoms with Gasteiger partial charge in [-0.05, 0) is 30.2 Å². The van der Waals surface area contributed by atoms with Crippen LogP contribution in [0.4, 0.5) is 18.9 Å². The molecule has 0 saturated heterocycles. The molecule has 0 aliphatic heterocycles. The van der Waals surface area contributed by atoms with E-state index in [0.717, 1.165) is 5.56 Å². The third-order valence-corrected chi connectivity index (χ3v) is 3.10. The van der Waals surface area contributed by atoms with Crippen LogP contribution in [0.25, 0.3) is 0 Å². The molecule has 2 aromatic rings. The van der Waals surface area contributed by atoms with Gasteiger partial charge in [-0.3, -0.25) is 4.79 Å². The summed E-state index contributed by atoms with van der Waals surface area (Å²) in [4.78, 5) is 11.8. The third kappa shape index (κ3) is 4.40. The molecule has 1 amide bonds. The number of nitrogens with one attached hydrogen (secondary N) is 1. The summed E-state index contributed by atoms with van der Waals surface area (Å²) < 4.78 is 38.7. The Kier molecular flexibility index (Phi) is 4.94. The average Bonchev–Trinajstić information content (AvgIpc) is 2.47. The number of carbonyl (C=O) groups excluding carboxylic acids is 1. The number of halogens is 4. The molecule has 6 heteroatoms.